The highest BCUT2D eigenvalue weighted by molar-refractivity contribution is 5.90. The first kappa shape index (κ1) is 34.6. The second-order valence-electron chi connectivity index (χ2n) is 10.4. The second-order valence-corrected chi connectivity index (χ2v) is 10.4. The molecular formula is C36H32O14. The quantitative estimate of drug-likeness (QED) is 0.150. The molecule has 0 spiro atoms. The lowest BCUT2D eigenvalue weighted by molar-refractivity contribution is 0.346. The fraction of sp³-hybridized carbons (Fsp3) is 0.167. The zero-order chi connectivity index (χ0) is 36.3. The molecular weight excluding hydrogens is 656 g/mol. The number of hydrogen-bond acceptors (Lipinski definition) is 14. The molecule has 0 atom stereocenters. The fourth-order valence-corrected chi connectivity index (χ4v) is 5.21. The lowest BCUT2D eigenvalue weighted by Gasteiger charge is -2.11. The van der Waals surface area contributed by atoms with Crippen LogP contribution in [0, 0.1) is 0 Å². The maximum Gasteiger partial charge on any atom is 0.203 e. The van der Waals surface area contributed by atoms with E-state index in [1.54, 1.807) is 36.4 Å². The number of hydrogen-bond donors (Lipinski definition) is 4. The van der Waals surface area contributed by atoms with E-state index in [9.17, 15) is 30.0 Å². The molecule has 4 aromatic carbocycles. The molecule has 0 unspecified atom stereocenters. The van der Waals surface area contributed by atoms with Crippen molar-refractivity contribution in [3.63, 3.8) is 0 Å². The number of rotatable bonds is 8. The highest BCUT2D eigenvalue weighted by atomic mass is 16.5. The first-order valence-corrected chi connectivity index (χ1v) is 14.6. The molecule has 0 bridgehead atoms. The Balaban J connectivity index is 0.000000194. The highest BCUT2D eigenvalue weighted by Gasteiger charge is 2.20. The lowest BCUT2D eigenvalue weighted by atomic mass is 10.1. The first-order valence-electron chi connectivity index (χ1n) is 14.6. The van der Waals surface area contributed by atoms with Crippen molar-refractivity contribution in [2.24, 2.45) is 0 Å². The topological polar surface area (TPSA) is 197 Å². The smallest absolute Gasteiger partial charge is 0.203 e. The van der Waals surface area contributed by atoms with E-state index >= 15 is 0 Å². The largest absolute Gasteiger partial charge is 0.504 e. The minimum atomic E-state index is -0.471. The van der Waals surface area contributed by atoms with Crippen molar-refractivity contribution < 1.29 is 57.7 Å². The third-order valence-electron chi connectivity index (χ3n) is 7.60. The van der Waals surface area contributed by atoms with E-state index in [1.165, 1.54) is 66.9 Å². The van der Waals surface area contributed by atoms with Crippen LogP contribution in [0.3, 0.4) is 0 Å². The normalized spacial score (nSPS) is 10.7. The van der Waals surface area contributed by atoms with Crippen LogP contribution in [0.15, 0.2) is 79.1 Å². The van der Waals surface area contributed by atoms with Gasteiger partial charge in [-0.25, -0.2) is 0 Å². The Kier molecular flexibility index (Phi) is 9.83. The van der Waals surface area contributed by atoms with Crippen LogP contribution < -0.4 is 39.3 Å². The molecule has 4 N–H and O–H groups in total. The van der Waals surface area contributed by atoms with Gasteiger partial charge in [-0.1, -0.05) is 0 Å². The molecule has 0 aliphatic heterocycles. The summed E-state index contributed by atoms with van der Waals surface area (Å²) in [6.45, 7) is 0. The van der Waals surface area contributed by atoms with E-state index in [0.29, 0.717) is 34.1 Å². The van der Waals surface area contributed by atoms with Crippen molar-refractivity contribution in [1.82, 2.24) is 0 Å². The van der Waals surface area contributed by atoms with E-state index in [2.05, 4.69) is 0 Å². The molecule has 6 rings (SSSR count). The molecule has 14 nitrogen and oxygen atoms in total. The van der Waals surface area contributed by atoms with Crippen molar-refractivity contribution in [3.8, 4) is 80.1 Å². The summed E-state index contributed by atoms with van der Waals surface area (Å²) in [5, 5.41) is 40.0. The number of ether oxygens (including phenoxy) is 6. The summed E-state index contributed by atoms with van der Waals surface area (Å²) in [7, 11) is 8.60. The first-order chi connectivity index (χ1) is 24.0. The average Bonchev–Trinajstić information content (AvgIpc) is 3.10. The van der Waals surface area contributed by atoms with Gasteiger partial charge in [0.1, 0.15) is 33.5 Å². The van der Waals surface area contributed by atoms with Gasteiger partial charge >= 0.3 is 0 Å². The third kappa shape index (κ3) is 6.29. The second kappa shape index (κ2) is 14.2. The minimum Gasteiger partial charge on any atom is -0.504 e. The van der Waals surface area contributed by atoms with Crippen molar-refractivity contribution in [2.45, 2.75) is 0 Å². The Labute approximate surface area is 283 Å². The number of aromatic hydroxyl groups is 4. The summed E-state index contributed by atoms with van der Waals surface area (Å²) in [5.41, 5.74) is 0.280. The van der Waals surface area contributed by atoms with E-state index in [-0.39, 0.29) is 56.5 Å². The summed E-state index contributed by atoms with van der Waals surface area (Å²) < 4.78 is 42.0. The molecule has 0 amide bonds. The summed E-state index contributed by atoms with van der Waals surface area (Å²) >= 11 is 0. The van der Waals surface area contributed by atoms with Gasteiger partial charge in [-0.3, -0.25) is 9.59 Å². The van der Waals surface area contributed by atoms with Gasteiger partial charge in [0, 0.05) is 35.4 Å². The molecule has 2 heterocycles. The van der Waals surface area contributed by atoms with Crippen LogP contribution in [0.1, 0.15) is 0 Å². The zero-order valence-corrected chi connectivity index (χ0v) is 27.6. The summed E-state index contributed by atoms with van der Waals surface area (Å²) in [4.78, 5) is 24.9. The molecule has 0 saturated heterocycles. The SMILES string of the molecule is COc1ccc(-c2cc(=O)c3c(O)c(OC)c(O)cc3o2)cc1OC.COc1ccc(-c2cc(=O)c3c(O)c(OC)c(O)cc3o2)cc1OC. The van der Waals surface area contributed by atoms with Crippen LogP contribution in [-0.4, -0.2) is 63.1 Å². The molecule has 0 aliphatic rings. The van der Waals surface area contributed by atoms with Gasteiger partial charge in [-0.15, -0.1) is 0 Å². The van der Waals surface area contributed by atoms with E-state index in [1.807, 2.05) is 0 Å². The maximum absolute atomic E-state index is 12.4. The Hall–Kier alpha value is -6.70. The predicted molar refractivity (Wildman–Crippen MR) is 182 cm³/mol. The number of methoxy groups -OCH3 is 6. The average molecular weight is 689 g/mol. The van der Waals surface area contributed by atoms with Gasteiger partial charge in [-0.05, 0) is 36.4 Å². The Morgan fingerprint density at radius 1 is 0.460 bits per heavy atom. The van der Waals surface area contributed by atoms with Gasteiger partial charge in [-0.2, -0.15) is 0 Å². The Morgan fingerprint density at radius 2 is 0.820 bits per heavy atom. The van der Waals surface area contributed by atoms with E-state index < -0.39 is 22.4 Å². The lowest BCUT2D eigenvalue weighted by Crippen LogP contribution is -2.02. The molecule has 0 saturated carbocycles. The van der Waals surface area contributed by atoms with Crippen molar-refractivity contribution in [2.75, 3.05) is 42.7 Å². The molecule has 0 aliphatic carbocycles. The van der Waals surface area contributed by atoms with Crippen LogP contribution in [0.25, 0.3) is 44.6 Å². The summed E-state index contributed by atoms with van der Waals surface area (Å²) in [6, 6.07) is 15.0. The maximum atomic E-state index is 12.4. The van der Waals surface area contributed by atoms with E-state index in [0.717, 1.165) is 0 Å². The summed E-state index contributed by atoms with van der Waals surface area (Å²) in [6.07, 6.45) is 0. The Bertz CT molecular complexity index is 2170. The van der Waals surface area contributed by atoms with Gasteiger partial charge in [0.25, 0.3) is 0 Å². The van der Waals surface area contributed by atoms with Gasteiger partial charge in [0.15, 0.2) is 56.9 Å². The predicted octanol–water partition coefficient (Wildman–Crippen LogP) is 5.79. The van der Waals surface area contributed by atoms with Crippen molar-refractivity contribution in [1.29, 1.82) is 0 Å². The summed E-state index contributed by atoms with van der Waals surface area (Å²) in [5.74, 6) is 0.563. The minimum absolute atomic E-state index is 0.0353. The van der Waals surface area contributed by atoms with Crippen LogP contribution in [0.2, 0.25) is 0 Å². The van der Waals surface area contributed by atoms with Crippen LogP contribution in [-0.2, 0) is 0 Å². The Morgan fingerprint density at radius 3 is 1.14 bits per heavy atom. The fourth-order valence-electron chi connectivity index (χ4n) is 5.21. The van der Waals surface area contributed by atoms with E-state index in [4.69, 9.17) is 37.3 Å². The zero-order valence-electron chi connectivity index (χ0n) is 27.6. The molecule has 2 aromatic heterocycles. The van der Waals surface area contributed by atoms with Crippen molar-refractivity contribution in [3.05, 3.63) is 81.1 Å². The van der Waals surface area contributed by atoms with Gasteiger partial charge < -0.3 is 57.7 Å². The molecule has 260 valence electrons. The molecule has 14 heteroatoms. The van der Waals surface area contributed by atoms with Crippen LogP contribution >= 0.6 is 0 Å². The number of phenolic OH excluding ortho intramolecular Hbond substituents is 4. The van der Waals surface area contributed by atoms with Crippen molar-refractivity contribution >= 4 is 21.9 Å². The molecule has 6 aromatic rings. The van der Waals surface area contributed by atoms with Gasteiger partial charge in [0.2, 0.25) is 11.5 Å². The molecule has 0 fully saturated rings. The molecule has 0 radical (unpaired) electrons. The number of benzene rings is 4. The third-order valence-corrected chi connectivity index (χ3v) is 7.60. The highest BCUT2D eigenvalue weighted by Crippen LogP contribution is 2.43. The monoisotopic (exact) mass is 688 g/mol. The van der Waals surface area contributed by atoms with Gasteiger partial charge in [0.05, 0.1) is 42.7 Å². The number of fused-ring (bicyclic) bond motifs is 2. The van der Waals surface area contributed by atoms with Crippen LogP contribution in [0.5, 0.6) is 57.5 Å². The van der Waals surface area contributed by atoms with Crippen LogP contribution in [0.4, 0.5) is 0 Å². The molecule has 50 heavy (non-hydrogen) atoms. The standard InChI is InChI=1S/2C18H16O7/c2*1-22-12-5-4-9(6-14(12)23-2)13-7-10(19)16-15(25-13)8-11(20)18(24-3)17(16)21/h2*4-8,20-21H,1-3H3. The number of phenols is 4.